The second kappa shape index (κ2) is 7.61. The Labute approximate surface area is 160 Å². The first kappa shape index (κ1) is 17.9. The molecule has 142 valence electrons. The van der Waals surface area contributed by atoms with Gasteiger partial charge in [0.1, 0.15) is 19.3 Å². The fraction of sp³-hybridized carbons (Fsp3) is 0.409. The maximum absolute atomic E-state index is 12.6. The summed E-state index contributed by atoms with van der Waals surface area (Å²) in [5.74, 6) is 1.71. The molecule has 0 saturated carbocycles. The Kier molecular flexibility index (Phi) is 5.03. The minimum absolute atomic E-state index is 0.0689. The Hall–Kier alpha value is -2.53. The van der Waals surface area contributed by atoms with Crippen molar-refractivity contribution in [3.63, 3.8) is 0 Å². The lowest BCUT2D eigenvalue weighted by atomic mass is 10.0. The van der Waals surface area contributed by atoms with Crippen molar-refractivity contribution in [3.8, 4) is 11.5 Å². The van der Waals surface area contributed by atoms with Crippen molar-refractivity contribution in [2.24, 2.45) is 0 Å². The van der Waals surface area contributed by atoms with E-state index < -0.39 is 0 Å². The normalized spacial score (nSPS) is 21.1. The molecule has 5 heteroatoms. The highest BCUT2D eigenvalue weighted by atomic mass is 16.6. The number of rotatable bonds is 4. The van der Waals surface area contributed by atoms with E-state index in [4.69, 9.17) is 9.47 Å². The number of ether oxygens (including phenoxy) is 2. The van der Waals surface area contributed by atoms with Crippen LogP contribution in [0, 0.1) is 13.8 Å². The third kappa shape index (κ3) is 4.08. The fourth-order valence-electron chi connectivity index (χ4n) is 4.26. The standard InChI is InChI=1S/C22H26N2O3/c1-15-10-16(2)12-18(11-15)23-22(25)14-24-7-3-4-19(24)17-5-6-20-21(13-17)27-9-8-26-20/h5-6,10-13,19H,3-4,7-9,14H2,1-2H3,(H,23,25)/p+1/t19-/m0/s1. The molecule has 4 rings (SSSR count). The van der Waals surface area contributed by atoms with Gasteiger partial charge in [0.05, 0.1) is 6.54 Å². The van der Waals surface area contributed by atoms with Gasteiger partial charge in [0.25, 0.3) is 5.91 Å². The van der Waals surface area contributed by atoms with E-state index in [1.54, 1.807) is 0 Å². The molecule has 1 fully saturated rings. The number of nitrogens with one attached hydrogen (secondary N) is 2. The van der Waals surface area contributed by atoms with E-state index in [0.717, 1.165) is 47.7 Å². The van der Waals surface area contributed by atoms with Crippen LogP contribution in [0.5, 0.6) is 11.5 Å². The van der Waals surface area contributed by atoms with Crippen molar-refractivity contribution in [2.75, 3.05) is 31.6 Å². The molecule has 27 heavy (non-hydrogen) atoms. The number of quaternary nitrogens is 1. The molecule has 0 bridgehead atoms. The number of amides is 1. The van der Waals surface area contributed by atoms with E-state index >= 15 is 0 Å². The molecular weight excluding hydrogens is 340 g/mol. The highest BCUT2D eigenvalue weighted by molar-refractivity contribution is 5.91. The van der Waals surface area contributed by atoms with Gasteiger partial charge in [-0.1, -0.05) is 6.07 Å². The van der Waals surface area contributed by atoms with Crippen LogP contribution >= 0.6 is 0 Å². The molecule has 0 aliphatic carbocycles. The van der Waals surface area contributed by atoms with Crippen molar-refractivity contribution in [2.45, 2.75) is 32.7 Å². The van der Waals surface area contributed by atoms with Crippen LogP contribution in [0.1, 0.15) is 35.6 Å². The molecule has 5 nitrogen and oxygen atoms in total. The van der Waals surface area contributed by atoms with Crippen LogP contribution in [0.4, 0.5) is 5.69 Å². The number of likely N-dealkylation sites (tertiary alicyclic amines) is 1. The van der Waals surface area contributed by atoms with Crippen molar-refractivity contribution in [1.29, 1.82) is 0 Å². The molecular formula is C22H27N2O3+. The first-order chi connectivity index (χ1) is 13.1. The molecule has 0 aromatic heterocycles. The molecule has 2 aromatic rings. The lowest BCUT2D eigenvalue weighted by molar-refractivity contribution is -0.910. The predicted octanol–water partition coefficient (Wildman–Crippen LogP) is 2.43. The summed E-state index contributed by atoms with van der Waals surface area (Å²) in [7, 11) is 0. The second-order valence-electron chi connectivity index (χ2n) is 7.61. The van der Waals surface area contributed by atoms with Gasteiger partial charge in [-0.05, 0) is 55.3 Å². The smallest absolute Gasteiger partial charge is 0.279 e. The quantitative estimate of drug-likeness (QED) is 0.873. The monoisotopic (exact) mass is 367 g/mol. The van der Waals surface area contributed by atoms with Crippen LogP contribution in [-0.2, 0) is 4.79 Å². The highest BCUT2D eigenvalue weighted by Gasteiger charge is 2.32. The predicted molar refractivity (Wildman–Crippen MR) is 105 cm³/mol. The summed E-state index contributed by atoms with van der Waals surface area (Å²) in [4.78, 5) is 13.9. The summed E-state index contributed by atoms with van der Waals surface area (Å²) in [6, 6.07) is 12.7. The Morgan fingerprint density at radius 1 is 1.07 bits per heavy atom. The fourth-order valence-corrected chi connectivity index (χ4v) is 4.26. The van der Waals surface area contributed by atoms with Crippen LogP contribution in [0.3, 0.4) is 0 Å². The van der Waals surface area contributed by atoms with E-state index in [0.29, 0.717) is 25.8 Å². The van der Waals surface area contributed by atoms with E-state index in [2.05, 4.69) is 23.5 Å². The number of hydrogen-bond donors (Lipinski definition) is 2. The number of fused-ring (bicyclic) bond motifs is 1. The van der Waals surface area contributed by atoms with Gasteiger partial charge in [-0.15, -0.1) is 0 Å². The maximum atomic E-state index is 12.6. The molecule has 0 radical (unpaired) electrons. The molecule has 2 N–H and O–H groups in total. The highest BCUT2D eigenvalue weighted by Crippen LogP contribution is 2.33. The zero-order valence-electron chi connectivity index (χ0n) is 16.0. The van der Waals surface area contributed by atoms with Gasteiger partial charge in [-0.2, -0.15) is 0 Å². The number of carbonyl (C=O) groups is 1. The van der Waals surface area contributed by atoms with E-state index in [1.165, 1.54) is 10.5 Å². The first-order valence-electron chi connectivity index (χ1n) is 9.71. The molecule has 2 aliphatic heterocycles. The van der Waals surface area contributed by atoms with E-state index in [1.807, 2.05) is 32.0 Å². The Balaban J connectivity index is 1.44. The molecule has 1 saturated heterocycles. The van der Waals surface area contributed by atoms with Gasteiger partial charge in [0, 0.05) is 24.1 Å². The van der Waals surface area contributed by atoms with Gasteiger partial charge in [0.2, 0.25) is 0 Å². The summed E-state index contributed by atoms with van der Waals surface area (Å²) in [5, 5.41) is 3.07. The molecule has 2 atom stereocenters. The topological polar surface area (TPSA) is 52.0 Å². The van der Waals surface area contributed by atoms with Gasteiger partial charge in [0.15, 0.2) is 18.0 Å². The van der Waals surface area contributed by atoms with Crippen LogP contribution in [-0.4, -0.2) is 32.2 Å². The van der Waals surface area contributed by atoms with Gasteiger partial charge >= 0.3 is 0 Å². The van der Waals surface area contributed by atoms with E-state index in [9.17, 15) is 4.79 Å². The van der Waals surface area contributed by atoms with Crippen LogP contribution in [0.2, 0.25) is 0 Å². The molecule has 2 aromatic carbocycles. The molecule has 0 spiro atoms. The summed E-state index contributed by atoms with van der Waals surface area (Å²) in [6.07, 6.45) is 2.22. The number of aryl methyl sites for hydroxylation is 2. The minimum Gasteiger partial charge on any atom is -0.486 e. The van der Waals surface area contributed by atoms with Crippen molar-refractivity contribution < 1.29 is 19.2 Å². The largest absolute Gasteiger partial charge is 0.486 e. The third-order valence-electron chi connectivity index (χ3n) is 5.35. The van der Waals surface area contributed by atoms with Gasteiger partial charge in [-0.3, -0.25) is 4.79 Å². The number of anilines is 1. The zero-order chi connectivity index (χ0) is 18.8. The van der Waals surface area contributed by atoms with E-state index in [-0.39, 0.29) is 5.91 Å². The average molecular weight is 367 g/mol. The van der Waals surface area contributed by atoms with Crippen LogP contribution in [0.25, 0.3) is 0 Å². The first-order valence-corrected chi connectivity index (χ1v) is 9.71. The maximum Gasteiger partial charge on any atom is 0.279 e. The second-order valence-corrected chi connectivity index (χ2v) is 7.61. The molecule has 2 aliphatic rings. The summed E-state index contributed by atoms with van der Waals surface area (Å²) >= 11 is 0. The minimum atomic E-state index is 0.0689. The lowest BCUT2D eigenvalue weighted by Gasteiger charge is -2.24. The van der Waals surface area contributed by atoms with Gasteiger partial charge in [-0.25, -0.2) is 0 Å². The van der Waals surface area contributed by atoms with Gasteiger partial charge < -0.3 is 19.7 Å². The Bertz CT molecular complexity index is 829. The number of hydrogen-bond acceptors (Lipinski definition) is 3. The number of carbonyl (C=O) groups excluding carboxylic acids is 1. The van der Waals surface area contributed by atoms with Crippen LogP contribution < -0.4 is 19.7 Å². The SMILES string of the molecule is Cc1cc(C)cc(NC(=O)C[NH+]2CCC[C@H]2c2ccc3c(c2)OCCO3)c1. The molecule has 1 amide bonds. The molecule has 1 unspecified atom stereocenters. The summed E-state index contributed by atoms with van der Waals surface area (Å²) in [6.45, 7) is 6.78. The Morgan fingerprint density at radius 3 is 2.59 bits per heavy atom. The Morgan fingerprint density at radius 2 is 1.81 bits per heavy atom. The zero-order valence-corrected chi connectivity index (χ0v) is 16.0. The average Bonchev–Trinajstić information content (AvgIpc) is 3.08. The summed E-state index contributed by atoms with van der Waals surface area (Å²) < 4.78 is 11.4. The summed E-state index contributed by atoms with van der Waals surface area (Å²) in [5.41, 5.74) is 4.43. The van der Waals surface area contributed by atoms with Crippen LogP contribution in [0.15, 0.2) is 36.4 Å². The van der Waals surface area contributed by atoms with Crippen molar-refractivity contribution in [3.05, 3.63) is 53.1 Å². The van der Waals surface area contributed by atoms with Crippen molar-refractivity contribution in [1.82, 2.24) is 0 Å². The lowest BCUT2D eigenvalue weighted by Crippen LogP contribution is -3.11. The molecule has 2 heterocycles. The van der Waals surface area contributed by atoms with Crippen molar-refractivity contribution >= 4 is 11.6 Å². The number of benzene rings is 2. The third-order valence-corrected chi connectivity index (χ3v) is 5.35.